The Balaban J connectivity index is 1.72. The van der Waals surface area contributed by atoms with E-state index in [4.69, 9.17) is 9.47 Å². The van der Waals surface area contributed by atoms with Gasteiger partial charge in [-0.05, 0) is 42.3 Å². The Bertz CT molecular complexity index is 822. The second-order valence-corrected chi connectivity index (χ2v) is 6.06. The van der Waals surface area contributed by atoms with Crippen molar-refractivity contribution in [2.45, 2.75) is 12.8 Å². The number of methoxy groups -OCH3 is 1. The van der Waals surface area contributed by atoms with Crippen LogP contribution in [0.2, 0.25) is 0 Å². The molecule has 0 atom stereocenters. The molecule has 0 aliphatic carbocycles. The first kappa shape index (κ1) is 18.7. The lowest BCUT2D eigenvalue weighted by Gasteiger charge is -2.22. The van der Waals surface area contributed by atoms with Crippen LogP contribution in [0, 0.1) is 5.82 Å². The molecular weight excluding hydrogens is 353 g/mol. The Morgan fingerprint density at radius 2 is 1.81 bits per heavy atom. The van der Waals surface area contributed by atoms with Crippen LogP contribution >= 0.6 is 0 Å². The molecule has 0 saturated heterocycles. The van der Waals surface area contributed by atoms with Crippen LogP contribution in [0.5, 0.6) is 11.5 Å². The first-order chi connectivity index (χ1) is 13.1. The van der Waals surface area contributed by atoms with Gasteiger partial charge in [-0.15, -0.1) is 0 Å². The molecule has 142 valence electrons. The molecule has 0 aromatic heterocycles. The number of rotatable bonds is 7. The molecule has 1 aliphatic rings. The lowest BCUT2D eigenvalue weighted by molar-refractivity contribution is -0.140. The van der Waals surface area contributed by atoms with E-state index >= 15 is 0 Å². The van der Waals surface area contributed by atoms with E-state index < -0.39 is 0 Å². The number of benzene rings is 2. The van der Waals surface area contributed by atoms with Crippen LogP contribution in [0.4, 0.5) is 4.39 Å². The van der Waals surface area contributed by atoms with Crippen LogP contribution < -0.4 is 9.47 Å². The van der Waals surface area contributed by atoms with Crippen molar-refractivity contribution in [3.05, 3.63) is 59.4 Å². The Hall–Kier alpha value is -3.09. The molecule has 1 heterocycles. The summed E-state index contributed by atoms with van der Waals surface area (Å²) < 4.78 is 28.3. The Morgan fingerprint density at radius 3 is 2.56 bits per heavy atom. The highest BCUT2D eigenvalue weighted by Gasteiger charge is 2.21. The molecule has 0 N–H and O–H groups in total. The van der Waals surface area contributed by atoms with Crippen molar-refractivity contribution >= 4 is 11.9 Å². The molecule has 3 rings (SSSR count). The van der Waals surface area contributed by atoms with E-state index in [1.165, 1.54) is 19.2 Å². The summed E-state index contributed by atoms with van der Waals surface area (Å²) in [6, 6.07) is 11.1. The Kier molecular flexibility index (Phi) is 5.90. The largest absolute Gasteiger partial charge is 0.469 e. The predicted octanol–water partition coefficient (Wildman–Crippen LogP) is 2.80. The van der Waals surface area contributed by atoms with E-state index in [1.54, 1.807) is 35.2 Å². The van der Waals surface area contributed by atoms with Crippen molar-refractivity contribution in [3.63, 3.8) is 0 Å². The number of carbonyl (C=O) groups excluding carboxylic acids is 2. The zero-order valence-electron chi connectivity index (χ0n) is 14.9. The normalized spacial score (nSPS) is 11.9. The van der Waals surface area contributed by atoms with Gasteiger partial charge in [-0.3, -0.25) is 9.59 Å². The molecule has 6 nitrogen and oxygen atoms in total. The van der Waals surface area contributed by atoms with E-state index in [1.807, 2.05) is 0 Å². The van der Waals surface area contributed by atoms with Gasteiger partial charge in [0.2, 0.25) is 6.79 Å². The zero-order chi connectivity index (χ0) is 19.2. The number of carbonyl (C=O) groups is 2. The summed E-state index contributed by atoms with van der Waals surface area (Å²) in [5.41, 5.74) is 1.35. The maximum atomic E-state index is 13.1. The van der Waals surface area contributed by atoms with Gasteiger partial charge < -0.3 is 19.1 Å². The van der Waals surface area contributed by atoms with Crippen LogP contribution in [-0.4, -0.2) is 43.8 Å². The Morgan fingerprint density at radius 1 is 1.07 bits per heavy atom. The van der Waals surface area contributed by atoms with E-state index in [0.29, 0.717) is 30.0 Å². The zero-order valence-corrected chi connectivity index (χ0v) is 14.9. The van der Waals surface area contributed by atoms with Crippen LogP contribution in [0.1, 0.15) is 22.3 Å². The second kappa shape index (κ2) is 8.53. The van der Waals surface area contributed by atoms with Gasteiger partial charge >= 0.3 is 5.97 Å². The summed E-state index contributed by atoms with van der Waals surface area (Å²) in [4.78, 5) is 26.0. The topological polar surface area (TPSA) is 65.1 Å². The van der Waals surface area contributed by atoms with Gasteiger partial charge in [-0.1, -0.05) is 12.1 Å². The van der Waals surface area contributed by atoms with Crippen LogP contribution in [0.25, 0.3) is 0 Å². The average Bonchev–Trinajstić information content (AvgIpc) is 3.16. The molecule has 0 spiro atoms. The Labute approximate surface area is 156 Å². The lowest BCUT2D eigenvalue weighted by Crippen LogP contribution is -2.35. The summed E-state index contributed by atoms with van der Waals surface area (Å²) >= 11 is 0. The predicted molar refractivity (Wildman–Crippen MR) is 95.2 cm³/mol. The molecule has 0 fully saturated rings. The smallest absolute Gasteiger partial charge is 0.307 e. The fourth-order valence-corrected chi connectivity index (χ4v) is 2.77. The van der Waals surface area contributed by atoms with Crippen LogP contribution in [0.15, 0.2) is 42.5 Å². The molecule has 1 amide bonds. The average molecular weight is 373 g/mol. The molecule has 2 aromatic carbocycles. The van der Waals surface area contributed by atoms with Crippen molar-refractivity contribution in [2.75, 3.05) is 27.0 Å². The minimum atomic E-state index is -0.389. The highest BCUT2D eigenvalue weighted by Crippen LogP contribution is 2.32. The summed E-state index contributed by atoms with van der Waals surface area (Å²) in [5, 5.41) is 0. The van der Waals surface area contributed by atoms with Gasteiger partial charge in [-0.2, -0.15) is 0 Å². The van der Waals surface area contributed by atoms with Gasteiger partial charge in [-0.25, -0.2) is 4.39 Å². The van der Waals surface area contributed by atoms with E-state index in [-0.39, 0.29) is 37.5 Å². The molecule has 0 unspecified atom stereocenters. The number of hydrogen-bond donors (Lipinski definition) is 0. The minimum absolute atomic E-state index is 0.0935. The van der Waals surface area contributed by atoms with E-state index in [2.05, 4.69) is 4.74 Å². The van der Waals surface area contributed by atoms with Crippen molar-refractivity contribution < 1.29 is 28.2 Å². The molecule has 0 radical (unpaired) electrons. The van der Waals surface area contributed by atoms with Crippen molar-refractivity contribution in [1.82, 2.24) is 4.90 Å². The first-order valence-electron chi connectivity index (χ1n) is 8.57. The van der Waals surface area contributed by atoms with Gasteiger partial charge in [0.15, 0.2) is 11.5 Å². The maximum Gasteiger partial charge on any atom is 0.307 e. The monoisotopic (exact) mass is 373 g/mol. The highest BCUT2D eigenvalue weighted by molar-refractivity contribution is 5.95. The molecular formula is C20H20FNO5. The molecule has 0 saturated carbocycles. The first-order valence-corrected chi connectivity index (χ1v) is 8.57. The van der Waals surface area contributed by atoms with Crippen molar-refractivity contribution in [2.24, 2.45) is 0 Å². The third kappa shape index (κ3) is 4.75. The fraction of sp³-hybridized carbons (Fsp3) is 0.300. The lowest BCUT2D eigenvalue weighted by atomic mass is 10.1. The quantitative estimate of drug-likeness (QED) is 0.699. The third-order valence-corrected chi connectivity index (χ3v) is 4.30. The minimum Gasteiger partial charge on any atom is -0.469 e. The second-order valence-electron chi connectivity index (χ2n) is 6.06. The van der Waals surface area contributed by atoms with Crippen molar-refractivity contribution in [3.8, 4) is 11.5 Å². The van der Waals surface area contributed by atoms with Gasteiger partial charge in [0.25, 0.3) is 5.91 Å². The maximum absolute atomic E-state index is 13.1. The number of halogens is 1. The number of ether oxygens (including phenoxy) is 3. The summed E-state index contributed by atoms with van der Waals surface area (Å²) in [6.07, 6.45) is 0.633. The van der Waals surface area contributed by atoms with Gasteiger partial charge in [0, 0.05) is 18.7 Å². The molecule has 7 heteroatoms. The van der Waals surface area contributed by atoms with Crippen molar-refractivity contribution in [1.29, 1.82) is 0 Å². The number of esters is 1. The van der Waals surface area contributed by atoms with Crippen LogP contribution in [-0.2, 0) is 16.0 Å². The number of hydrogen-bond acceptors (Lipinski definition) is 5. The SMILES string of the molecule is COC(=O)CCN(CCc1ccc(F)cc1)C(=O)c1ccc2c(c1)OCO2. The molecule has 27 heavy (non-hydrogen) atoms. The molecule has 0 bridgehead atoms. The van der Waals surface area contributed by atoms with Gasteiger partial charge in [0.1, 0.15) is 5.82 Å². The number of fused-ring (bicyclic) bond motifs is 1. The number of amides is 1. The highest BCUT2D eigenvalue weighted by atomic mass is 19.1. The molecule has 1 aliphatic heterocycles. The van der Waals surface area contributed by atoms with E-state index in [0.717, 1.165) is 5.56 Å². The number of nitrogens with zero attached hydrogens (tertiary/aromatic N) is 1. The summed E-state index contributed by atoms with van der Waals surface area (Å²) in [7, 11) is 1.31. The van der Waals surface area contributed by atoms with Crippen LogP contribution in [0.3, 0.4) is 0 Å². The summed E-state index contributed by atoms with van der Waals surface area (Å²) in [5.74, 6) is 0.198. The van der Waals surface area contributed by atoms with Gasteiger partial charge in [0.05, 0.1) is 13.5 Å². The summed E-state index contributed by atoms with van der Waals surface area (Å²) in [6.45, 7) is 0.737. The fourth-order valence-electron chi connectivity index (χ4n) is 2.77. The standard InChI is InChI=1S/C20H20FNO5/c1-25-19(23)9-11-22(10-8-14-2-5-16(21)6-3-14)20(24)15-4-7-17-18(12-15)27-13-26-17/h2-7,12H,8-11,13H2,1H3. The third-order valence-electron chi connectivity index (χ3n) is 4.30. The van der Waals surface area contributed by atoms with E-state index in [9.17, 15) is 14.0 Å². The molecule has 2 aromatic rings.